The van der Waals surface area contributed by atoms with Gasteiger partial charge in [-0.05, 0) is 12.5 Å². The zero-order valence-corrected chi connectivity index (χ0v) is 10.7. The number of aliphatic hydroxyl groups is 2. The molecule has 2 atom stereocenters. The van der Waals surface area contributed by atoms with Gasteiger partial charge in [0.25, 0.3) is 0 Å². The largest absolute Gasteiger partial charge is 0.515 e. The van der Waals surface area contributed by atoms with Crippen molar-refractivity contribution in [3.05, 3.63) is 35.1 Å². The lowest BCUT2D eigenvalue weighted by Crippen LogP contribution is -2.34. The number of allylic oxidation sites excluding steroid dienone is 4. The van der Waals surface area contributed by atoms with E-state index in [0.717, 1.165) is 6.26 Å². The molecule has 5 nitrogen and oxygen atoms in total. The molecule has 2 N–H and O–H groups in total. The van der Waals surface area contributed by atoms with E-state index in [1.165, 1.54) is 14.2 Å². The second kappa shape index (κ2) is 6.49. The van der Waals surface area contributed by atoms with E-state index < -0.39 is 18.3 Å². The maximum Gasteiger partial charge on any atom is 0.166 e. The minimum atomic E-state index is -0.762. The van der Waals surface area contributed by atoms with E-state index in [2.05, 4.69) is 0 Å². The molecule has 0 amide bonds. The van der Waals surface area contributed by atoms with E-state index in [0.29, 0.717) is 23.0 Å². The van der Waals surface area contributed by atoms with Gasteiger partial charge in [-0.3, -0.25) is 4.79 Å². The van der Waals surface area contributed by atoms with Crippen LogP contribution in [0.25, 0.3) is 0 Å². The second-order valence-electron chi connectivity index (χ2n) is 4.01. The van der Waals surface area contributed by atoms with Crippen molar-refractivity contribution in [1.29, 1.82) is 0 Å². The highest BCUT2D eigenvalue weighted by molar-refractivity contribution is 5.86. The quantitative estimate of drug-likeness (QED) is 0.422. The normalized spacial score (nSPS) is 20.8. The minimum Gasteiger partial charge on any atom is -0.515 e. The summed E-state index contributed by atoms with van der Waals surface area (Å²) in [7, 11) is 2.93. The van der Waals surface area contributed by atoms with E-state index >= 15 is 0 Å². The molecule has 0 aromatic heterocycles. The van der Waals surface area contributed by atoms with Gasteiger partial charge in [-0.1, -0.05) is 12.2 Å². The monoisotopic (exact) mass is 254 g/mol. The average Bonchev–Trinajstić information content (AvgIpc) is 2.77. The highest BCUT2D eigenvalue weighted by atomic mass is 16.7. The lowest BCUT2D eigenvalue weighted by Gasteiger charge is -2.28. The molecule has 1 aliphatic rings. The summed E-state index contributed by atoms with van der Waals surface area (Å²) in [6.07, 6.45) is 3.36. The molecule has 100 valence electrons. The average molecular weight is 254 g/mol. The first-order chi connectivity index (χ1) is 8.60. The van der Waals surface area contributed by atoms with Crippen molar-refractivity contribution in [1.82, 2.24) is 0 Å². The molecule has 0 aliphatic heterocycles. The molecule has 18 heavy (non-hydrogen) atoms. The summed E-state index contributed by atoms with van der Waals surface area (Å²) in [6, 6.07) is 0. The van der Waals surface area contributed by atoms with Crippen LogP contribution in [0.2, 0.25) is 0 Å². The topological polar surface area (TPSA) is 76.0 Å². The Balaban J connectivity index is 3.22. The molecule has 0 spiro atoms. The van der Waals surface area contributed by atoms with E-state index in [4.69, 9.17) is 14.6 Å². The summed E-state index contributed by atoms with van der Waals surface area (Å²) < 4.78 is 10.3. The SMILES string of the molecule is COC(OC)C(C1=C(C=O)/C(=C\O)C=C1)C(C)O. The van der Waals surface area contributed by atoms with E-state index in [1.54, 1.807) is 19.1 Å². The van der Waals surface area contributed by atoms with Gasteiger partial charge in [0.1, 0.15) is 0 Å². The molecule has 1 rings (SSSR count). The van der Waals surface area contributed by atoms with Gasteiger partial charge in [0, 0.05) is 25.4 Å². The van der Waals surface area contributed by atoms with Gasteiger partial charge in [-0.15, -0.1) is 0 Å². The van der Waals surface area contributed by atoms with Crippen LogP contribution in [0.3, 0.4) is 0 Å². The number of rotatable bonds is 6. The Kier molecular flexibility index (Phi) is 5.27. The third-order valence-electron chi connectivity index (χ3n) is 2.96. The second-order valence-corrected chi connectivity index (χ2v) is 4.01. The van der Waals surface area contributed by atoms with Gasteiger partial charge in [0.05, 0.1) is 18.3 Å². The summed E-state index contributed by atoms with van der Waals surface area (Å²) in [4.78, 5) is 11.1. The number of aldehydes is 1. The van der Waals surface area contributed by atoms with Crippen molar-refractivity contribution in [2.75, 3.05) is 14.2 Å². The maximum atomic E-state index is 11.1. The van der Waals surface area contributed by atoms with Gasteiger partial charge in [0.15, 0.2) is 12.6 Å². The van der Waals surface area contributed by atoms with Gasteiger partial charge >= 0.3 is 0 Å². The molecule has 0 saturated heterocycles. The third kappa shape index (κ3) is 2.69. The Labute approximate surface area is 106 Å². The van der Waals surface area contributed by atoms with Crippen LogP contribution in [0.15, 0.2) is 35.1 Å². The predicted molar refractivity (Wildman–Crippen MR) is 65.9 cm³/mol. The van der Waals surface area contributed by atoms with E-state index in [1.807, 2.05) is 0 Å². The Morgan fingerprint density at radius 2 is 1.89 bits per heavy atom. The number of aliphatic hydroxyl groups excluding tert-OH is 2. The summed E-state index contributed by atoms with van der Waals surface area (Å²) in [5.41, 5.74) is 1.34. The molecule has 0 fully saturated rings. The maximum absolute atomic E-state index is 11.1. The van der Waals surface area contributed by atoms with Gasteiger partial charge in [0.2, 0.25) is 0 Å². The molecular formula is C13H18O5. The molecule has 0 heterocycles. The molecule has 0 radical (unpaired) electrons. The Morgan fingerprint density at radius 1 is 1.28 bits per heavy atom. The molecular weight excluding hydrogens is 236 g/mol. The van der Waals surface area contributed by atoms with Crippen LogP contribution in [-0.4, -0.2) is 43.1 Å². The number of ether oxygens (including phenoxy) is 2. The van der Waals surface area contributed by atoms with Crippen molar-refractivity contribution in [2.24, 2.45) is 5.92 Å². The fourth-order valence-electron chi connectivity index (χ4n) is 2.09. The van der Waals surface area contributed by atoms with Crippen LogP contribution >= 0.6 is 0 Å². The standard InChI is InChI=1S/C13H18O5/c1-8(16)12(13(17-2)18-3)10-5-4-9(6-14)11(10)7-15/h4-8,12-14,16H,1-3H3/b9-6-. The summed E-state index contributed by atoms with van der Waals surface area (Å²) in [6.45, 7) is 1.60. The Morgan fingerprint density at radius 3 is 2.28 bits per heavy atom. The van der Waals surface area contributed by atoms with E-state index in [-0.39, 0.29) is 0 Å². The number of carbonyl (C=O) groups is 1. The first-order valence-corrected chi connectivity index (χ1v) is 5.56. The smallest absolute Gasteiger partial charge is 0.166 e. The molecule has 0 bridgehead atoms. The van der Waals surface area contributed by atoms with Crippen LogP contribution in [0, 0.1) is 5.92 Å². The van der Waals surface area contributed by atoms with Crippen molar-refractivity contribution in [2.45, 2.75) is 19.3 Å². The molecule has 0 aromatic carbocycles. The Hall–Kier alpha value is -1.43. The van der Waals surface area contributed by atoms with Crippen LogP contribution in [0.1, 0.15) is 6.92 Å². The predicted octanol–water partition coefficient (Wildman–Crippen LogP) is 1.11. The van der Waals surface area contributed by atoms with Gasteiger partial charge in [-0.25, -0.2) is 0 Å². The van der Waals surface area contributed by atoms with Gasteiger partial charge in [-0.2, -0.15) is 0 Å². The fraction of sp³-hybridized carbons (Fsp3) is 0.462. The summed E-state index contributed by atoms with van der Waals surface area (Å²) >= 11 is 0. The lowest BCUT2D eigenvalue weighted by molar-refractivity contribution is -0.147. The number of carbonyl (C=O) groups excluding carboxylic acids is 1. The van der Waals surface area contributed by atoms with Crippen LogP contribution in [0.5, 0.6) is 0 Å². The first kappa shape index (κ1) is 14.6. The zero-order valence-electron chi connectivity index (χ0n) is 10.7. The number of hydrogen-bond acceptors (Lipinski definition) is 5. The first-order valence-electron chi connectivity index (χ1n) is 5.56. The molecule has 2 unspecified atom stereocenters. The highest BCUT2D eigenvalue weighted by Crippen LogP contribution is 2.33. The fourth-order valence-corrected chi connectivity index (χ4v) is 2.09. The minimum absolute atomic E-state index is 0.336. The van der Waals surface area contributed by atoms with Crippen molar-refractivity contribution in [3.8, 4) is 0 Å². The van der Waals surface area contributed by atoms with Gasteiger partial charge < -0.3 is 19.7 Å². The van der Waals surface area contributed by atoms with Crippen LogP contribution < -0.4 is 0 Å². The number of hydrogen-bond donors (Lipinski definition) is 2. The zero-order chi connectivity index (χ0) is 13.7. The molecule has 0 aromatic rings. The molecule has 1 aliphatic carbocycles. The van der Waals surface area contributed by atoms with E-state index in [9.17, 15) is 9.90 Å². The summed E-state index contributed by atoms with van der Waals surface area (Å²) in [5, 5.41) is 18.9. The molecule has 0 saturated carbocycles. The summed E-state index contributed by atoms with van der Waals surface area (Å²) in [5.74, 6) is -0.506. The number of methoxy groups -OCH3 is 2. The van der Waals surface area contributed by atoms with Crippen molar-refractivity contribution in [3.63, 3.8) is 0 Å². The highest BCUT2D eigenvalue weighted by Gasteiger charge is 2.32. The lowest BCUT2D eigenvalue weighted by atomic mass is 9.90. The Bertz CT molecular complexity index is 388. The van der Waals surface area contributed by atoms with Crippen LogP contribution in [-0.2, 0) is 14.3 Å². The molecule has 5 heteroatoms. The third-order valence-corrected chi connectivity index (χ3v) is 2.96. The van der Waals surface area contributed by atoms with Crippen molar-refractivity contribution >= 4 is 6.29 Å². The van der Waals surface area contributed by atoms with Crippen LogP contribution in [0.4, 0.5) is 0 Å². The van der Waals surface area contributed by atoms with Crippen molar-refractivity contribution < 1.29 is 24.5 Å².